The van der Waals surface area contributed by atoms with Crippen LogP contribution in [0.15, 0.2) is 79.1 Å². The number of aromatic nitrogens is 2. The lowest BCUT2D eigenvalue weighted by Crippen LogP contribution is -2.15. The van der Waals surface area contributed by atoms with Crippen LogP contribution >= 0.6 is 0 Å². The highest BCUT2D eigenvalue weighted by atomic mass is 19.4. The molecule has 4 rings (SSSR count). The summed E-state index contributed by atoms with van der Waals surface area (Å²) < 4.78 is 43.9. The number of benzene rings is 2. The molecule has 1 amide bonds. The van der Waals surface area contributed by atoms with Crippen LogP contribution in [0.25, 0.3) is 11.4 Å². The molecule has 1 N–H and O–H groups in total. The summed E-state index contributed by atoms with van der Waals surface area (Å²) in [5.41, 5.74) is 1.93. The Morgan fingerprint density at radius 3 is 2.16 bits per heavy atom. The Bertz CT molecular complexity index is 1240. The quantitative estimate of drug-likeness (QED) is 0.420. The molecule has 4 nitrogen and oxygen atoms in total. The number of nitrogens with zero attached hydrogens (tertiary/aromatic N) is 2. The van der Waals surface area contributed by atoms with Gasteiger partial charge in [-0.15, -0.1) is 0 Å². The number of amides is 1. The van der Waals surface area contributed by atoms with E-state index in [1.54, 1.807) is 32.0 Å². The zero-order valence-electron chi connectivity index (χ0n) is 16.9. The van der Waals surface area contributed by atoms with E-state index in [1.165, 1.54) is 16.7 Å². The highest BCUT2D eigenvalue weighted by Crippen LogP contribution is 2.35. The van der Waals surface area contributed by atoms with E-state index in [0.717, 1.165) is 11.8 Å². The Morgan fingerprint density at radius 1 is 0.871 bits per heavy atom. The van der Waals surface area contributed by atoms with E-state index >= 15 is 0 Å². The third-order valence-corrected chi connectivity index (χ3v) is 5.16. The van der Waals surface area contributed by atoms with Crippen LogP contribution in [0.4, 0.5) is 18.9 Å². The number of halogens is 3. The second-order valence-corrected chi connectivity index (χ2v) is 7.20. The van der Waals surface area contributed by atoms with Crippen molar-refractivity contribution in [2.75, 3.05) is 5.32 Å². The Balaban J connectivity index is 1.73. The van der Waals surface area contributed by atoms with Gasteiger partial charge in [-0.25, -0.2) is 0 Å². The van der Waals surface area contributed by atoms with E-state index in [2.05, 4.69) is 5.32 Å². The lowest BCUT2D eigenvalue weighted by atomic mass is 10.1. The van der Waals surface area contributed by atoms with Crippen molar-refractivity contribution in [3.05, 3.63) is 102 Å². The van der Waals surface area contributed by atoms with E-state index < -0.39 is 11.7 Å². The van der Waals surface area contributed by atoms with Crippen LogP contribution in [0.3, 0.4) is 0 Å². The molecule has 2 aromatic carbocycles. The van der Waals surface area contributed by atoms with Crippen molar-refractivity contribution >= 4 is 11.6 Å². The molecule has 31 heavy (non-hydrogen) atoms. The van der Waals surface area contributed by atoms with Crippen molar-refractivity contribution in [2.45, 2.75) is 20.0 Å². The van der Waals surface area contributed by atoms with Crippen molar-refractivity contribution in [3.63, 3.8) is 0 Å². The third kappa shape index (κ3) is 3.86. The molecule has 0 saturated heterocycles. The van der Waals surface area contributed by atoms with E-state index in [1.807, 2.05) is 47.3 Å². The van der Waals surface area contributed by atoms with Crippen LogP contribution < -0.4 is 5.32 Å². The first kappa shape index (κ1) is 20.5. The Kier molecular flexibility index (Phi) is 5.19. The molecule has 0 fully saturated rings. The van der Waals surface area contributed by atoms with Crippen molar-refractivity contribution in [1.82, 2.24) is 9.13 Å². The van der Waals surface area contributed by atoms with Crippen LogP contribution in [0.5, 0.6) is 0 Å². The third-order valence-electron chi connectivity index (χ3n) is 5.16. The van der Waals surface area contributed by atoms with E-state index in [0.29, 0.717) is 22.6 Å². The maximum atomic E-state index is 13.5. The average Bonchev–Trinajstić information content (AvgIpc) is 3.36. The maximum absolute atomic E-state index is 13.5. The number of para-hydroxylation sites is 3. The molecule has 0 radical (unpaired) electrons. The van der Waals surface area contributed by atoms with Crippen LogP contribution in [0, 0.1) is 13.8 Å². The van der Waals surface area contributed by atoms with Crippen LogP contribution in [0.1, 0.15) is 27.3 Å². The highest BCUT2D eigenvalue weighted by Gasteiger charge is 2.34. The number of hydrogen-bond donors (Lipinski definition) is 1. The first-order valence-corrected chi connectivity index (χ1v) is 9.66. The van der Waals surface area contributed by atoms with E-state index in [-0.39, 0.29) is 11.6 Å². The van der Waals surface area contributed by atoms with Gasteiger partial charge in [0.2, 0.25) is 0 Å². The standard InChI is InChI=1S/C24H20F3N3O/c1-16-15-18(17(2)30(16)21-11-5-3-9-19(21)24(25,26)27)23(31)28-20-10-4-6-12-22(20)29-13-7-8-14-29/h3-15H,1-2H3,(H,28,31). The summed E-state index contributed by atoms with van der Waals surface area (Å²) in [7, 11) is 0. The van der Waals surface area contributed by atoms with Crippen LogP contribution in [0.2, 0.25) is 0 Å². The fourth-order valence-electron chi connectivity index (χ4n) is 3.76. The molecule has 0 unspecified atom stereocenters. The molecular formula is C24H20F3N3O. The normalized spacial score (nSPS) is 11.5. The van der Waals surface area contributed by atoms with Gasteiger partial charge in [0, 0.05) is 23.8 Å². The fourth-order valence-corrected chi connectivity index (χ4v) is 3.76. The zero-order chi connectivity index (χ0) is 22.2. The monoisotopic (exact) mass is 423 g/mol. The Labute approximate surface area is 177 Å². The number of hydrogen-bond acceptors (Lipinski definition) is 1. The predicted molar refractivity (Wildman–Crippen MR) is 114 cm³/mol. The number of carbonyl (C=O) groups excluding carboxylic acids is 1. The number of carbonyl (C=O) groups is 1. The van der Waals surface area contributed by atoms with Gasteiger partial charge in [0.05, 0.1) is 28.2 Å². The minimum absolute atomic E-state index is 0.00297. The van der Waals surface area contributed by atoms with E-state index in [4.69, 9.17) is 0 Å². The summed E-state index contributed by atoms with van der Waals surface area (Å²) in [6, 6.07) is 18.1. The Hall–Kier alpha value is -3.74. The largest absolute Gasteiger partial charge is 0.418 e. The summed E-state index contributed by atoms with van der Waals surface area (Å²) in [5, 5.41) is 2.90. The molecule has 2 aromatic heterocycles. The van der Waals surface area contributed by atoms with Gasteiger partial charge in [-0.2, -0.15) is 13.2 Å². The van der Waals surface area contributed by atoms with E-state index in [9.17, 15) is 18.0 Å². The molecule has 2 heterocycles. The molecule has 158 valence electrons. The molecule has 0 aliphatic heterocycles. The van der Waals surface area contributed by atoms with Crippen LogP contribution in [-0.4, -0.2) is 15.0 Å². The molecule has 7 heteroatoms. The molecule has 0 bridgehead atoms. The van der Waals surface area contributed by atoms with Crippen molar-refractivity contribution in [3.8, 4) is 11.4 Å². The first-order valence-electron chi connectivity index (χ1n) is 9.66. The topological polar surface area (TPSA) is 39.0 Å². The number of nitrogens with one attached hydrogen (secondary N) is 1. The molecule has 0 spiro atoms. The molecule has 4 aromatic rings. The van der Waals surface area contributed by atoms with Crippen molar-refractivity contribution in [1.29, 1.82) is 0 Å². The van der Waals surface area contributed by atoms with Gasteiger partial charge in [-0.1, -0.05) is 24.3 Å². The lowest BCUT2D eigenvalue weighted by Gasteiger charge is -2.17. The van der Waals surface area contributed by atoms with Crippen LogP contribution in [-0.2, 0) is 6.18 Å². The summed E-state index contributed by atoms with van der Waals surface area (Å²) in [4.78, 5) is 13.1. The SMILES string of the molecule is Cc1cc(C(=O)Nc2ccccc2-n2cccc2)c(C)n1-c1ccccc1C(F)(F)F. The summed E-state index contributed by atoms with van der Waals surface area (Å²) in [6.45, 7) is 3.33. The summed E-state index contributed by atoms with van der Waals surface area (Å²) in [6.07, 6.45) is -0.770. The highest BCUT2D eigenvalue weighted by molar-refractivity contribution is 6.06. The molecule has 0 saturated carbocycles. The smallest absolute Gasteiger partial charge is 0.322 e. The second kappa shape index (κ2) is 7.83. The van der Waals surface area contributed by atoms with Gasteiger partial charge in [-0.3, -0.25) is 4.79 Å². The van der Waals surface area contributed by atoms with Crippen molar-refractivity contribution < 1.29 is 18.0 Å². The predicted octanol–water partition coefficient (Wildman–Crippen LogP) is 6.16. The van der Waals surface area contributed by atoms with Gasteiger partial charge in [0.15, 0.2) is 0 Å². The maximum Gasteiger partial charge on any atom is 0.418 e. The second-order valence-electron chi connectivity index (χ2n) is 7.20. The summed E-state index contributed by atoms with van der Waals surface area (Å²) in [5.74, 6) is -0.386. The minimum Gasteiger partial charge on any atom is -0.322 e. The summed E-state index contributed by atoms with van der Waals surface area (Å²) >= 11 is 0. The molecule has 0 aliphatic carbocycles. The molecule has 0 atom stereocenters. The number of rotatable bonds is 4. The van der Waals surface area contributed by atoms with Gasteiger partial charge in [0.25, 0.3) is 5.91 Å². The Morgan fingerprint density at radius 2 is 1.48 bits per heavy atom. The molecular weight excluding hydrogens is 403 g/mol. The number of anilines is 1. The fraction of sp³-hybridized carbons (Fsp3) is 0.125. The first-order chi connectivity index (χ1) is 14.8. The van der Waals surface area contributed by atoms with Gasteiger partial charge in [-0.05, 0) is 56.3 Å². The lowest BCUT2D eigenvalue weighted by molar-refractivity contribution is -0.137. The zero-order valence-corrected chi connectivity index (χ0v) is 16.9. The number of aryl methyl sites for hydroxylation is 1. The molecule has 0 aliphatic rings. The van der Waals surface area contributed by atoms with Gasteiger partial charge < -0.3 is 14.5 Å². The average molecular weight is 423 g/mol. The van der Waals surface area contributed by atoms with Crippen molar-refractivity contribution in [2.24, 2.45) is 0 Å². The van der Waals surface area contributed by atoms with Gasteiger partial charge in [0.1, 0.15) is 0 Å². The number of alkyl halides is 3. The van der Waals surface area contributed by atoms with Gasteiger partial charge >= 0.3 is 6.18 Å². The minimum atomic E-state index is -4.50.